The van der Waals surface area contributed by atoms with Crippen molar-refractivity contribution in [3.05, 3.63) is 23.3 Å². The van der Waals surface area contributed by atoms with Gasteiger partial charge in [-0.2, -0.15) is 0 Å². The molecule has 0 aliphatic heterocycles. The van der Waals surface area contributed by atoms with Gasteiger partial charge in [0.25, 0.3) is 0 Å². The van der Waals surface area contributed by atoms with Gasteiger partial charge in [-0.25, -0.2) is 0 Å². The first-order valence-electron chi connectivity index (χ1n) is 6.06. The molecule has 2 atom stereocenters. The average molecular weight is 252 g/mol. The van der Waals surface area contributed by atoms with Gasteiger partial charge in [0.05, 0.1) is 20.3 Å². The normalized spacial score (nSPS) is 14.4. The predicted molar refractivity (Wildman–Crippen MR) is 74.4 cm³/mol. The second-order valence-corrected chi connectivity index (χ2v) is 4.83. The molecule has 0 aliphatic rings. The molecule has 0 bridgehead atoms. The number of benzene rings is 1. The Balaban J connectivity index is 3.37. The van der Waals surface area contributed by atoms with Crippen LogP contribution in [0.2, 0.25) is 0 Å². The lowest BCUT2D eigenvalue weighted by molar-refractivity contribution is 0.256. The van der Waals surface area contributed by atoms with Crippen molar-refractivity contribution in [2.75, 3.05) is 28.3 Å². The van der Waals surface area contributed by atoms with Gasteiger partial charge < -0.3 is 20.1 Å². The molecule has 18 heavy (non-hydrogen) atoms. The summed E-state index contributed by atoms with van der Waals surface area (Å²) in [4.78, 5) is 2.11. The van der Waals surface area contributed by atoms with Crippen LogP contribution in [0.3, 0.4) is 0 Å². The molecule has 0 amide bonds. The topological polar surface area (TPSA) is 47.7 Å². The van der Waals surface area contributed by atoms with E-state index < -0.39 is 0 Å². The summed E-state index contributed by atoms with van der Waals surface area (Å²) in [6, 6.07) is 4.05. The summed E-state index contributed by atoms with van der Waals surface area (Å²) in [6.45, 7) is 4.06. The Kier molecular flexibility index (Phi) is 4.99. The maximum absolute atomic E-state index is 6.10. The van der Waals surface area contributed by atoms with Crippen LogP contribution >= 0.6 is 0 Å². The van der Waals surface area contributed by atoms with Crippen LogP contribution in [0.15, 0.2) is 12.1 Å². The lowest BCUT2D eigenvalue weighted by Crippen LogP contribution is -2.35. The molecular formula is C14H24N2O2. The predicted octanol–water partition coefficient (Wildman–Crippen LogP) is 1.96. The molecule has 1 rings (SSSR count). The second kappa shape index (κ2) is 6.07. The summed E-state index contributed by atoms with van der Waals surface area (Å²) in [5, 5.41) is 0. The fourth-order valence-electron chi connectivity index (χ4n) is 2.39. The maximum Gasteiger partial charge on any atom is 0.127 e. The van der Waals surface area contributed by atoms with E-state index >= 15 is 0 Å². The third kappa shape index (κ3) is 2.94. The Morgan fingerprint density at radius 2 is 1.78 bits per heavy atom. The van der Waals surface area contributed by atoms with Crippen molar-refractivity contribution in [3.63, 3.8) is 0 Å². The Morgan fingerprint density at radius 3 is 2.17 bits per heavy atom. The molecule has 0 radical (unpaired) electrons. The summed E-state index contributed by atoms with van der Waals surface area (Å²) in [6.07, 6.45) is 0. The number of aryl methyl sites for hydroxylation is 1. The number of rotatable bonds is 5. The van der Waals surface area contributed by atoms with Crippen molar-refractivity contribution in [1.82, 2.24) is 4.90 Å². The molecule has 2 unspecified atom stereocenters. The lowest BCUT2D eigenvalue weighted by atomic mass is 9.94. The van der Waals surface area contributed by atoms with E-state index in [0.717, 1.165) is 22.6 Å². The third-order valence-corrected chi connectivity index (χ3v) is 3.13. The Morgan fingerprint density at radius 1 is 1.17 bits per heavy atom. The minimum absolute atomic E-state index is 0.0148. The van der Waals surface area contributed by atoms with Gasteiger partial charge in [-0.05, 0) is 39.6 Å². The molecule has 0 heterocycles. The highest BCUT2D eigenvalue weighted by molar-refractivity contribution is 5.48. The quantitative estimate of drug-likeness (QED) is 0.870. The Bertz CT molecular complexity index is 395. The molecule has 0 saturated heterocycles. The Labute approximate surface area is 110 Å². The van der Waals surface area contributed by atoms with Crippen LogP contribution in [-0.2, 0) is 0 Å². The number of nitrogens with zero attached hydrogens (tertiary/aromatic N) is 1. The van der Waals surface area contributed by atoms with E-state index in [1.54, 1.807) is 14.2 Å². The van der Waals surface area contributed by atoms with Crippen molar-refractivity contribution in [2.45, 2.75) is 25.9 Å². The molecule has 0 fully saturated rings. The van der Waals surface area contributed by atoms with Crippen LogP contribution in [0.25, 0.3) is 0 Å². The van der Waals surface area contributed by atoms with Crippen LogP contribution in [0.4, 0.5) is 0 Å². The second-order valence-electron chi connectivity index (χ2n) is 4.83. The van der Waals surface area contributed by atoms with E-state index in [2.05, 4.69) is 11.8 Å². The van der Waals surface area contributed by atoms with Gasteiger partial charge in [0, 0.05) is 17.7 Å². The molecular weight excluding hydrogens is 228 g/mol. The molecule has 1 aromatic rings. The van der Waals surface area contributed by atoms with E-state index in [4.69, 9.17) is 15.2 Å². The van der Waals surface area contributed by atoms with Crippen LogP contribution in [-0.4, -0.2) is 39.3 Å². The van der Waals surface area contributed by atoms with Crippen molar-refractivity contribution in [1.29, 1.82) is 0 Å². The van der Waals surface area contributed by atoms with Gasteiger partial charge in [-0.3, -0.25) is 0 Å². The number of hydrogen-bond acceptors (Lipinski definition) is 4. The molecule has 102 valence electrons. The summed E-state index contributed by atoms with van der Waals surface area (Å²) in [5.41, 5.74) is 8.35. The van der Waals surface area contributed by atoms with Gasteiger partial charge in [-0.1, -0.05) is 0 Å². The van der Waals surface area contributed by atoms with Gasteiger partial charge in [0.2, 0.25) is 0 Å². The summed E-state index contributed by atoms with van der Waals surface area (Å²) in [5.74, 6) is 1.62. The van der Waals surface area contributed by atoms with Crippen molar-refractivity contribution < 1.29 is 9.47 Å². The molecule has 0 aromatic heterocycles. The molecule has 2 N–H and O–H groups in total. The molecule has 0 saturated carbocycles. The van der Waals surface area contributed by atoms with Crippen LogP contribution < -0.4 is 15.2 Å². The fourth-order valence-corrected chi connectivity index (χ4v) is 2.39. The number of likely N-dealkylation sites (N-methyl/N-ethyl adjacent to an activating group) is 1. The standard InChI is InChI=1S/C14H24N2O2/c1-9-7-11(17-5)8-12(18-6)13(9)14(10(2)15)16(3)4/h7-8,10,14H,15H2,1-6H3. The molecule has 1 aromatic carbocycles. The smallest absolute Gasteiger partial charge is 0.127 e. The first-order valence-corrected chi connectivity index (χ1v) is 6.06. The van der Waals surface area contributed by atoms with Gasteiger partial charge >= 0.3 is 0 Å². The number of nitrogens with two attached hydrogens (primary N) is 1. The summed E-state index contributed by atoms with van der Waals surface area (Å²) in [7, 11) is 7.38. The Hall–Kier alpha value is -1.26. The average Bonchev–Trinajstić information content (AvgIpc) is 2.30. The van der Waals surface area contributed by atoms with Crippen molar-refractivity contribution >= 4 is 0 Å². The van der Waals surface area contributed by atoms with E-state index in [-0.39, 0.29) is 12.1 Å². The molecule has 0 aliphatic carbocycles. The van der Waals surface area contributed by atoms with Crippen LogP contribution in [0.5, 0.6) is 11.5 Å². The number of hydrogen-bond donors (Lipinski definition) is 1. The van der Waals surface area contributed by atoms with E-state index in [9.17, 15) is 0 Å². The van der Waals surface area contributed by atoms with Crippen molar-refractivity contribution in [2.24, 2.45) is 5.73 Å². The molecule has 4 nitrogen and oxygen atoms in total. The minimum Gasteiger partial charge on any atom is -0.497 e. The molecule has 0 spiro atoms. The number of methoxy groups -OCH3 is 2. The van der Waals surface area contributed by atoms with Gasteiger partial charge in [-0.15, -0.1) is 0 Å². The first kappa shape index (κ1) is 14.8. The van der Waals surface area contributed by atoms with E-state index in [1.807, 2.05) is 33.2 Å². The first-order chi connectivity index (χ1) is 8.42. The van der Waals surface area contributed by atoms with Gasteiger partial charge in [0.15, 0.2) is 0 Å². The van der Waals surface area contributed by atoms with Crippen LogP contribution in [0.1, 0.15) is 24.1 Å². The highest BCUT2D eigenvalue weighted by Crippen LogP contribution is 2.36. The summed E-state index contributed by atoms with van der Waals surface area (Å²) >= 11 is 0. The van der Waals surface area contributed by atoms with Crippen molar-refractivity contribution in [3.8, 4) is 11.5 Å². The maximum atomic E-state index is 6.10. The monoisotopic (exact) mass is 252 g/mol. The van der Waals surface area contributed by atoms with Crippen LogP contribution in [0, 0.1) is 6.92 Å². The third-order valence-electron chi connectivity index (χ3n) is 3.13. The molecule has 4 heteroatoms. The zero-order chi connectivity index (χ0) is 13.9. The SMILES string of the molecule is COc1cc(C)c(C(C(C)N)N(C)C)c(OC)c1. The summed E-state index contributed by atoms with van der Waals surface area (Å²) < 4.78 is 10.8. The highest BCUT2D eigenvalue weighted by atomic mass is 16.5. The fraction of sp³-hybridized carbons (Fsp3) is 0.571. The number of ether oxygens (including phenoxy) is 2. The lowest BCUT2D eigenvalue weighted by Gasteiger charge is -2.31. The van der Waals surface area contributed by atoms with E-state index in [1.165, 1.54) is 0 Å². The largest absolute Gasteiger partial charge is 0.497 e. The minimum atomic E-state index is 0.0148. The van der Waals surface area contributed by atoms with E-state index in [0.29, 0.717) is 0 Å². The highest BCUT2D eigenvalue weighted by Gasteiger charge is 2.24. The zero-order valence-corrected chi connectivity index (χ0v) is 12.2. The van der Waals surface area contributed by atoms with Gasteiger partial charge in [0.1, 0.15) is 11.5 Å². The zero-order valence-electron chi connectivity index (χ0n) is 12.2.